The summed E-state index contributed by atoms with van der Waals surface area (Å²) in [6.45, 7) is 4.23. The van der Waals surface area contributed by atoms with Gasteiger partial charge in [-0.05, 0) is 66.9 Å². The Balaban J connectivity index is 0.00000361. The van der Waals surface area contributed by atoms with E-state index in [2.05, 4.69) is 10.6 Å². The Morgan fingerprint density at radius 1 is 0.889 bits per heavy atom. The molecule has 0 amide bonds. The molecule has 0 spiro atoms. The molecule has 2 atom stereocenters. The minimum Gasteiger partial charge on any atom is -0.502 e. The van der Waals surface area contributed by atoms with Crippen LogP contribution >= 0.6 is 12.4 Å². The lowest BCUT2D eigenvalue weighted by Crippen LogP contribution is -2.32. The molecule has 36 heavy (non-hydrogen) atoms. The minimum atomic E-state index is -0.922. The summed E-state index contributed by atoms with van der Waals surface area (Å²) in [6.07, 6.45) is 0. The van der Waals surface area contributed by atoms with Crippen LogP contribution in [0.25, 0.3) is 0 Å². The van der Waals surface area contributed by atoms with Crippen LogP contribution in [0.3, 0.4) is 0 Å². The number of hydrogen-bond acceptors (Lipinski definition) is 6. The molecule has 0 bridgehead atoms. The fourth-order valence-corrected chi connectivity index (χ4v) is 3.92. The van der Waals surface area contributed by atoms with E-state index >= 15 is 0 Å². The van der Waals surface area contributed by atoms with Crippen molar-refractivity contribution in [3.63, 3.8) is 0 Å². The van der Waals surface area contributed by atoms with Crippen LogP contribution in [0.4, 0.5) is 20.2 Å². The van der Waals surface area contributed by atoms with Crippen molar-refractivity contribution in [2.45, 2.75) is 25.9 Å². The first-order chi connectivity index (χ1) is 16.8. The average molecular weight is 515 g/mol. The summed E-state index contributed by atoms with van der Waals surface area (Å²) in [5, 5.41) is 15.9. The summed E-state index contributed by atoms with van der Waals surface area (Å²) < 4.78 is 33.2. The highest BCUT2D eigenvalue weighted by atomic mass is 35.5. The molecule has 4 rings (SSSR count). The van der Waals surface area contributed by atoms with Gasteiger partial charge in [0, 0.05) is 17.8 Å². The van der Waals surface area contributed by atoms with E-state index in [1.165, 1.54) is 12.1 Å². The maximum atomic E-state index is 13.8. The van der Waals surface area contributed by atoms with Crippen molar-refractivity contribution in [2.75, 3.05) is 11.9 Å². The number of rotatable bonds is 9. The number of ether oxygens (including phenoxy) is 1. The van der Waals surface area contributed by atoms with Crippen LogP contribution in [0.15, 0.2) is 76.3 Å². The molecule has 9 heteroatoms. The molecule has 0 aliphatic rings. The fraction of sp³-hybridized carbons (Fsp3) is 0.185. The van der Waals surface area contributed by atoms with Crippen LogP contribution in [0.1, 0.15) is 42.6 Å². The molecular weight excluding hydrogens is 490 g/mol. The minimum absolute atomic E-state index is 0. The largest absolute Gasteiger partial charge is 0.502 e. The number of aromatic hydroxyl groups is 1. The molecule has 4 aromatic rings. The zero-order valence-corrected chi connectivity index (χ0v) is 20.4. The first-order valence-corrected chi connectivity index (χ1v) is 11.1. The van der Waals surface area contributed by atoms with Crippen molar-refractivity contribution in [3.05, 3.63) is 116 Å². The predicted molar refractivity (Wildman–Crippen MR) is 137 cm³/mol. The normalized spacial score (nSPS) is 12.6. The van der Waals surface area contributed by atoms with Gasteiger partial charge in [0.15, 0.2) is 5.75 Å². The van der Waals surface area contributed by atoms with Gasteiger partial charge < -0.3 is 15.2 Å². The zero-order valence-electron chi connectivity index (χ0n) is 19.5. The third kappa shape index (κ3) is 5.72. The van der Waals surface area contributed by atoms with Crippen molar-refractivity contribution >= 4 is 23.8 Å². The van der Waals surface area contributed by atoms with Crippen LogP contribution in [0, 0.1) is 11.6 Å². The molecular formula is C27H25ClF2N2O4. The quantitative estimate of drug-likeness (QED) is 0.264. The second-order valence-electron chi connectivity index (χ2n) is 8.16. The van der Waals surface area contributed by atoms with Crippen molar-refractivity contribution in [2.24, 2.45) is 0 Å². The molecule has 188 valence electrons. The highest BCUT2D eigenvalue weighted by Gasteiger charge is 2.22. The molecule has 0 aliphatic heterocycles. The molecule has 0 fully saturated rings. The molecule has 0 aliphatic carbocycles. The van der Waals surface area contributed by atoms with E-state index in [4.69, 9.17) is 4.74 Å². The third-order valence-electron chi connectivity index (χ3n) is 5.70. The smallest absolute Gasteiger partial charge is 0.271 e. The number of hydrogen-bond donors (Lipinski definition) is 3. The van der Waals surface area contributed by atoms with Crippen LogP contribution in [-0.4, -0.2) is 11.7 Å². The van der Waals surface area contributed by atoms with Gasteiger partial charge in [0.25, 0.3) is 10.9 Å². The van der Waals surface area contributed by atoms with Crippen LogP contribution in [0.5, 0.6) is 11.5 Å². The Morgan fingerprint density at radius 2 is 1.56 bits per heavy atom. The first-order valence-electron chi connectivity index (χ1n) is 11.1. The number of benzene rings is 3. The topological polar surface area (TPSA) is 87.7 Å². The fourth-order valence-electron chi connectivity index (χ4n) is 3.92. The van der Waals surface area contributed by atoms with Gasteiger partial charge >= 0.3 is 0 Å². The molecule has 0 saturated carbocycles. The van der Waals surface area contributed by atoms with Gasteiger partial charge in [0.05, 0.1) is 12.6 Å². The summed E-state index contributed by atoms with van der Waals surface area (Å²) in [4.78, 5) is 23.1. The van der Waals surface area contributed by atoms with Crippen molar-refractivity contribution in [3.8, 4) is 11.5 Å². The van der Waals surface area contributed by atoms with E-state index in [9.17, 15) is 23.5 Å². The Labute approximate surface area is 212 Å². The van der Waals surface area contributed by atoms with E-state index in [1.807, 2.05) is 37.3 Å². The van der Waals surface area contributed by atoms with E-state index < -0.39 is 40.3 Å². The van der Waals surface area contributed by atoms with Gasteiger partial charge in [-0.25, -0.2) is 8.78 Å². The molecule has 0 aromatic heterocycles. The number of nitrogens with one attached hydrogen (secondary N) is 2. The summed E-state index contributed by atoms with van der Waals surface area (Å²) in [5.41, 5.74) is 0.728. The first kappa shape index (κ1) is 26.8. The summed E-state index contributed by atoms with van der Waals surface area (Å²) in [7, 11) is 0. The Bertz CT molecular complexity index is 1400. The standard InChI is InChI=1S/C27H24F2N2O4.ClH/c1-3-35-22-9-7-16(8-10-22)23(30-15(2)18-11-19(28)14-20(29)12-18)17-5-4-6-21(13-17)31-24-25(32)27(34)26(24)33;/h4-15,23,30-32H,3H2,1-2H3;1H. The van der Waals surface area contributed by atoms with Crippen LogP contribution < -0.4 is 26.2 Å². The molecule has 0 heterocycles. The second kappa shape index (κ2) is 11.3. The zero-order chi connectivity index (χ0) is 25.1. The van der Waals surface area contributed by atoms with Gasteiger partial charge in [0.2, 0.25) is 0 Å². The molecule has 4 aromatic carbocycles. The summed E-state index contributed by atoms with van der Waals surface area (Å²) in [6, 6.07) is 17.1. The Hall–Kier alpha value is -3.75. The average Bonchev–Trinajstić information content (AvgIpc) is 2.85. The van der Waals surface area contributed by atoms with Crippen molar-refractivity contribution in [1.29, 1.82) is 0 Å². The number of halogens is 3. The maximum Gasteiger partial charge on any atom is 0.271 e. The van der Waals surface area contributed by atoms with Gasteiger partial charge in [0.1, 0.15) is 23.1 Å². The molecule has 0 radical (unpaired) electrons. The van der Waals surface area contributed by atoms with E-state index in [0.29, 0.717) is 23.6 Å². The highest BCUT2D eigenvalue weighted by Crippen LogP contribution is 2.31. The maximum absolute atomic E-state index is 13.8. The van der Waals surface area contributed by atoms with Gasteiger partial charge in [-0.1, -0.05) is 24.3 Å². The van der Waals surface area contributed by atoms with Crippen LogP contribution in [0.2, 0.25) is 0 Å². The third-order valence-corrected chi connectivity index (χ3v) is 5.70. The Morgan fingerprint density at radius 3 is 2.17 bits per heavy atom. The second-order valence-corrected chi connectivity index (χ2v) is 8.16. The predicted octanol–water partition coefficient (Wildman–Crippen LogP) is 5.27. The van der Waals surface area contributed by atoms with Gasteiger partial charge in [-0.15, -0.1) is 12.4 Å². The molecule has 2 unspecified atom stereocenters. The summed E-state index contributed by atoms with van der Waals surface area (Å²) in [5.74, 6) is -1.21. The SMILES string of the molecule is CCOc1ccc(C(NC(C)c2cc(F)cc(F)c2)c2cccc(Nc3c(O)c(=O)c3=O)c2)cc1.Cl. The molecule has 0 saturated heterocycles. The van der Waals surface area contributed by atoms with Crippen molar-refractivity contribution < 1.29 is 18.6 Å². The lowest BCUT2D eigenvalue weighted by Gasteiger charge is -2.25. The molecule has 3 N–H and O–H groups in total. The van der Waals surface area contributed by atoms with Gasteiger partial charge in [-0.3, -0.25) is 14.9 Å². The highest BCUT2D eigenvalue weighted by molar-refractivity contribution is 5.85. The summed E-state index contributed by atoms with van der Waals surface area (Å²) >= 11 is 0. The Kier molecular flexibility index (Phi) is 8.45. The van der Waals surface area contributed by atoms with E-state index in [-0.39, 0.29) is 18.1 Å². The van der Waals surface area contributed by atoms with Crippen molar-refractivity contribution in [1.82, 2.24) is 5.32 Å². The van der Waals surface area contributed by atoms with E-state index in [1.54, 1.807) is 25.1 Å². The van der Waals surface area contributed by atoms with Gasteiger partial charge in [-0.2, -0.15) is 0 Å². The lowest BCUT2D eigenvalue weighted by molar-refractivity contribution is 0.340. The number of anilines is 2. The van der Waals surface area contributed by atoms with Crippen LogP contribution in [-0.2, 0) is 0 Å². The van der Waals surface area contributed by atoms with E-state index in [0.717, 1.165) is 17.2 Å². The lowest BCUT2D eigenvalue weighted by atomic mass is 9.96. The molecule has 6 nitrogen and oxygen atoms in total. The monoisotopic (exact) mass is 514 g/mol.